The van der Waals surface area contributed by atoms with Gasteiger partial charge in [-0.15, -0.1) is 11.8 Å². The number of esters is 2. The van der Waals surface area contributed by atoms with E-state index in [1.165, 1.54) is 11.8 Å². The molecule has 2 aromatic rings. The number of ether oxygens (including phenoxy) is 2. The summed E-state index contributed by atoms with van der Waals surface area (Å²) in [5, 5.41) is 8.72. The number of benzene rings is 1. The van der Waals surface area contributed by atoms with Crippen LogP contribution in [0.4, 0.5) is 4.79 Å². The van der Waals surface area contributed by atoms with Crippen LogP contribution in [0.25, 0.3) is 0 Å². The molecule has 11 heteroatoms. The standard InChI is InChI=1S/C19H20N4O6S/c1-3-27-18(25)13-8-20-19(26)22-14(13)9-28-17(24)12-6-4-5-7-15(12)30-10-16-21-11(2)23-29-16/h4-7H,3,8-10H2,1-2H3,(H2,20,22,26). The van der Waals surface area contributed by atoms with Crippen LogP contribution in [0.15, 0.2) is 45.0 Å². The predicted octanol–water partition coefficient (Wildman–Crippen LogP) is 1.96. The van der Waals surface area contributed by atoms with E-state index < -0.39 is 18.0 Å². The van der Waals surface area contributed by atoms with Gasteiger partial charge in [-0.3, -0.25) is 0 Å². The highest BCUT2D eigenvalue weighted by atomic mass is 32.2. The Morgan fingerprint density at radius 3 is 2.77 bits per heavy atom. The van der Waals surface area contributed by atoms with E-state index in [2.05, 4.69) is 20.8 Å². The van der Waals surface area contributed by atoms with Gasteiger partial charge in [0, 0.05) is 4.90 Å². The monoisotopic (exact) mass is 432 g/mol. The molecule has 30 heavy (non-hydrogen) atoms. The topological polar surface area (TPSA) is 133 Å². The first kappa shape index (κ1) is 21.4. The first-order valence-electron chi connectivity index (χ1n) is 9.10. The van der Waals surface area contributed by atoms with Crippen molar-refractivity contribution in [2.75, 3.05) is 19.8 Å². The Morgan fingerprint density at radius 1 is 1.23 bits per heavy atom. The van der Waals surface area contributed by atoms with E-state index in [1.54, 1.807) is 38.1 Å². The Labute approximate surface area is 176 Å². The van der Waals surface area contributed by atoms with Gasteiger partial charge in [-0.25, -0.2) is 14.4 Å². The fourth-order valence-corrected chi connectivity index (χ4v) is 3.46. The Bertz CT molecular complexity index is 987. The third kappa shape index (κ3) is 5.38. The molecule has 0 atom stereocenters. The largest absolute Gasteiger partial charge is 0.463 e. The highest BCUT2D eigenvalue weighted by Crippen LogP contribution is 2.26. The number of urea groups is 1. The summed E-state index contributed by atoms with van der Waals surface area (Å²) in [7, 11) is 0. The number of hydrogen-bond donors (Lipinski definition) is 2. The lowest BCUT2D eigenvalue weighted by Gasteiger charge is -2.21. The average Bonchev–Trinajstić information content (AvgIpc) is 3.16. The second kappa shape index (κ2) is 9.92. The number of aryl methyl sites for hydroxylation is 1. The first-order valence-corrected chi connectivity index (χ1v) is 10.1. The maximum Gasteiger partial charge on any atom is 0.339 e. The van der Waals surface area contributed by atoms with Gasteiger partial charge in [0.2, 0.25) is 5.89 Å². The fourth-order valence-electron chi connectivity index (χ4n) is 2.58. The first-order chi connectivity index (χ1) is 14.5. The number of amides is 2. The molecule has 0 fully saturated rings. The van der Waals surface area contributed by atoms with Crippen LogP contribution in [0.5, 0.6) is 0 Å². The molecule has 3 rings (SSSR count). The van der Waals surface area contributed by atoms with E-state index in [0.717, 1.165) is 0 Å². The van der Waals surface area contributed by atoms with Crippen LogP contribution in [0.2, 0.25) is 0 Å². The molecule has 0 unspecified atom stereocenters. The number of nitrogens with one attached hydrogen (secondary N) is 2. The Balaban J connectivity index is 1.69. The van der Waals surface area contributed by atoms with Crippen molar-refractivity contribution < 1.29 is 28.4 Å². The zero-order chi connectivity index (χ0) is 21.5. The lowest BCUT2D eigenvalue weighted by Crippen LogP contribution is -2.45. The predicted molar refractivity (Wildman–Crippen MR) is 106 cm³/mol. The quantitative estimate of drug-likeness (QED) is 0.474. The van der Waals surface area contributed by atoms with Gasteiger partial charge in [-0.05, 0) is 26.0 Å². The van der Waals surface area contributed by atoms with Crippen molar-refractivity contribution in [3.05, 3.63) is 52.8 Å². The molecule has 1 aromatic heterocycles. The van der Waals surface area contributed by atoms with E-state index in [9.17, 15) is 14.4 Å². The minimum Gasteiger partial charge on any atom is -0.463 e. The summed E-state index contributed by atoms with van der Waals surface area (Å²) in [6.07, 6.45) is 0. The highest BCUT2D eigenvalue weighted by molar-refractivity contribution is 7.98. The summed E-state index contributed by atoms with van der Waals surface area (Å²) in [5.41, 5.74) is 0.743. The van der Waals surface area contributed by atoms with E-state index in [-0.39, 0.29) is 31.0 Å². The van der Waals surface area contributed by atoms with Crippen molar-refractivity contribution in [1.82, 2.24) is 20.8 Å². The number of aromatic nitrogens is 2. The van der Waals surface area contributed by atoms with Crippen LogP contribution in [-0.2, 0) is 20.0 Å². The molecular weight excluding hydrogens is 412 g/mol. The van der Waals surface area contributed by atoms with Crippen LogP contribution in [0.1, 0.15) is 29.0 Å². The molecule has 1 aromatic carbocycles. The molecule has 1 aliphatic rings. The van der Waals surface area contributed by atoms with Crippen molar-refractivity contribution in [2.24, 2.45) is 0 Å². The third-order valence-electron chi connectivity index (χ3n) is 3.95. The molecule has 0 bridgehead atoms. The fraction of sp³-hybridized carbons (Fsp3) is 0.316. The molecular formula is C19H20N4O6S. The van der Waals surface area contributed by atoms with Crippen molar-refractivity contribution in [3.8, 4) is 0 Å². The molecule has 158 valence electrons. The summed E-state index contributed by atoms with van der Waals surface area (Å²) in [6.45, 7) is 3.31. The summed E-state index contributed by atoms with van der Waals surface area (Å²) >= 11 is 1.35. The highest BCUT2D eigenvalue weighted by Gasteiger charge is 2.25. The summed E-state index contributed by atoms with van der Waals surface area (Å²) in [4.78, 5) is 41.1. The van der Waals surface area contributed by atoms with Crippen LogP contribution >= 0.6 is 11.8 Å². The second-order valence-corrected chi connectivity index (χ2v) is 7.10. The summed E-state index contributed by atoms with van der Waals surface area (Å²) in [6, 6.07) is 6.44. The SMILES string of the molecule is CCOC(=O)C1=C(COC(=O)c2ccccc2SCc2nc(C)no2)NC(=O)NC1. The average molecular weight is 432 g/mol. The molecule has 2 N–H and O–H groups in total. The summed E-state index contributed by atoms with van der Waals surface area (Å²) < 4.78 is 15.4. The van der Waals surface area contributed by atoms with Crippen molar-refractivity contribution >= 4 is 29.7 Å². The van der Waals surface area contributed by atoms with Gasteiger partial charge < -0.3 is 24.6 Å². The number of carbonyl (C=O) groups is 3. The second-order valence-electron chi connectivity index (χ2n) is 6.08. The van der Waals surface area contributed by atoms with Crippen molar-refractivity contribution in [2.45, 2.75) is 24.5 Å². The van der Waals surface area contributed by atoms with Gasteiger partial charge in [-0.2, -0.15) is 4.98 Å². The molecule has 0 spiro atoms. The minimum absolute atomic E-state index is 0.00636. The number of hydrogen-bond acceptors (Lipinski definition) is 9. The maximum atomic E-state index is 12.7. The molecule has 2 amide bonds. The van der Waals surface area contributed by atoms with E-state index in [4.69, 9.17) is 14.0 Å². The number of carbonyl (C=O) groups excluding carboxylic acids is 3. The van der Waals surface area contributed by atoms with Crippen LogP contribution in [-0.4, -0.2) is 47.9 Å². The molecule has 0 aliphatic carbocycles. The minimum atomic E-state index is -0.594. The number of rotatable bonds is 8. The molecule has 10 nitrogen and oxygen atoms in total. The van der Waals surface area contributed by atoms with Gasteiger partial charge in [0.05, 0.1) is 35.7 Å². The lowest BCUT2D eigenvalue weighted by molar-refractivity contribution is -0.138. The normalized spacial score (nSPS) is 13.5. The van der Waals surface area contributed by atoms with E-state index in [0.29, 0.717) is 27.9 Å². The molecule has 1 aliphatic heterocycles. The lowest BCUT2D eigenvalue weighted by atomic mass is 10.1. The Hall–Kier alpha value is -3.34. The molecule has 2 heterocycles. The zero-order valence-corrected chi connectivity index (χ0v) is 17.2. The third-order valence-corrected chi connectivity index (χ3v) is 5.01. The zero-order valence-electron chi connectivity index (χ0n) is 16.4. The van der Waals surface area contributed by atoms with Crippen LogP contribution < -0.4 is 10.6 Å². The van der Waals surface area contributed by atoms with Gasteiger partial charge in [0.15, 0.2) is 5.82 Å². The Kier molecular flexibility index (Phi) is 7.07. The van der Waals surface area contributed by atoms with Gasteiger partial charge in [0.25, 0.3) is 0 Å². The summed E-state index contributed by atoms with van der Waals surface area (Å²) in [5.74, 6) is 0.200. The van der Waals surface area contributed by atoms with Gasteiger partial charge in [-0.1, -0.05) is 17.3 Å². The maximum absolute atomic E-state index is 12.7. The smallest absolute Gasteiger partial charge is 0.339 e. The van der Waals surface area contributed by atoms with Gasteiger partial charge >= 0.3 is 18.0 Å². The van der Waals surface area contributed by atoms with Crippen LogP contribution in [0.3, 0.4) is 0 Å². The van der Waals surface area contributed by atoms with Crippen LogP contribution in [0, 0.1) is 6.92 Å². The molecule has 0 saturated carbocycles. The number of nitrogens with zero attached hydrogens (tertiary/aromatic N) is 2. The van der Waals surface area contributed by atoms with Gasteiger partial charge in [0.1, 0.15) is 6.61 Å². The van der Waals surface area contributed by atoms with Crippen molar-refractivity contribution in [3.63, 3.8) is 0 Å². The van der Waals surface area contributed by atoms with E-state index in [1.807, 2.05) is 0 Å². The number of thioether (sulfide) groups is 1. The van der Waals surface area contributed by atoms with E-state index >= 15 is 0 Å². The molecule has 0 saturated heterocycles. The Morgan fingerprint density at radius 2 is 2.03 bits per heavy atom. The van der Waals surface area contributed by atoms with Crippen molar-refractivity contribution in [1.29, 1.82) is 0 Å². The molecule has 0 radical (unpaired) electrons.